The SMILES string of the molecule is N#CC(CNCC1CCCS1(=O)=O)c1ccccc1. The van der Waals surface area contributed by atoms with Crippen molar-refractivity contribution in [3.8, 4) is 6.07 Å². The van der Waals surface area contributed by atoms with Gasteiger partial charge in [-0.05, 0) is 18.4 Å². The molecular formula is C14H18N2O2S. The number of benzene rings is 1. The monoisotopic (exact) mass is 278 g/mol. The van der Waals surface area contributed by atoms with Crippen LogP contribution in [-0.4, -0.2) is 32.5 Å². The van der Waals surface area contributed by atoms with Gasteiger partial charge in [-0.15, -0.1) is 0 Å². The zero-order valence-electron chi connectivity index (χ0n) is 10.7. The van der Waals surface area contributed by atoms with Crippen LogP contribution in [0.4, 0.5) is 0 Å². The van der Waals surface area contributed by atoms with Crippen LogP contribution in [0.2, 0.25) is 0 Å². The molecular weight excluding hydrogens is 260 g/mol. The third kappa shape index (κ3) is 3.55. The second-order valence-corrected chi connectivity index (χ2v) is 7.28. The van der Waals surface area contributed by atoms with E-state index >= 15 is 0 Å². The summed E-state index contributed by atoms with van der Waals surface area (Å²) in [5.41, 5.74) is 0.965. The molecule has 1 aliphatic rings. The van der Waals surface area contributed by atoms with Gasteiger partial charge in [0, 0.05) is 13.1 Å². The van der Waals surface area contributed by atoms with E-state index in [4.69, 9.17) is 5.26 Å². The Hall–Kier alpha value is -1.38. The Balaban J connectivity index is 1.87. The summed E-state index contributed by atoms with van der Waals surface area (Å²) in [6.45, 7) is 0.944. The summed E-state index contributed by atoms with van der Waals surface area (Å²) in [6.07, 6.45) is 1.49. The van der Waals surface area contributed by atoms with Gasteiger partial charge in [0.2, 0.25) is 0 Å². The topological polar surface area (TPSA) is 70.0 Å². The Bertz CT molecular complexity index is 549. The van der Waals surface area contributed by atoms with E-state index < -0.39 is 9.84 Å². The molecule has 1 aliphatic heterocycles. The lowest BCUT2D eigenvalue weighted by atomic mass is 10.0. The Morgan fingerprint density at radius 3 is 2.68 bits per heavy atom. The standard InChI is InChI=1S/C14H18N2O2S/c15-9-13(12-5-2-1-3-6-12)10-16-11-14-7-4-8-19(14,17)18/h1-3,5-6,13-14,16H,4,7-8,10-11H2. The molecule has 4 nitrogen and oxygen atoms in total. The molecule has 0 aliphatic carbocycles. The van der Waals surface area contributed by atoms with E-state index in [1.165, 1.54) is 0 Å². The molecule has 0 bridgehead atoms. The van der Waals surface area contributed by atoms with Crippen molar-refractivity contribution in [3.63, 3.8) is 0 Å². The van der Waals surface area contributed by atoms with Gasteiger partial charge in [0.15, 0.2) is 9.84 Å². The van der Waals surface area contributed by atoms with E-state index in [-0.39, 0.29) is 11.2 Å². The highest BCUT2D eigenvalue weighted by atomic mass is 32.2. The third-order valence-corrected chi connectivity index (χ3v) is 5.82. The molecule has 1 aromatic carbocycles. The zero-order valence-corrected chi connectivity index (χ0v) is 11.6. The molecule has 0 saturated carbocycles. The number of nitrogens with one attached hydrogen (secondary N) is 1. The molecule has 19 heavy (non-hydrogen) atoms. The van der Waals surface area contributed by atoms with E-state index in [0.717, 1.165) is 18.4 Å². The first-order valence-corrected chi connectivity index (χ1v) is 8.22. The normalized spacial score (nSPS) is 22.8. The van der Waals surface area contributed by atoms with Crippen molar-refractivity contribution in [3.05, 3.63) is 35.9 Å². The van der Waals surface area contributed by atoms with Crippen LogP contribution in [-0.2, 0) is 9.84 Å². The zero-order chi connectivity index (χ0) is 13.7. The van der Waals surface area contributed by atoms with Crippen LogP contribution in [0.5, 0.6) is 0 Å². The number of nitrogens with zero attached hydrogens (tertiary/aromatic N) is 1. The van der Waals surface area contributed by atoms with Crippen molar-refractivity contribution in [1.29, 1.82) is 5.26 Å². The van der Waals surface area contributed by atoms with E-state index in [0.29, 0.717) is 18.8 Å². The summed E-state index contributed by atoms with van der Waals surface area (Å²) >= 11 is 0. The lowest BCUT2D eigenvalue weighted by Gasteiger charge is -2.13. The molecule has 0 spiro atoms. The van der Waals surface area contributed by atoms with Crippen molar-refractivity contribution in [2.75, 3.05) is 18.8 Å². The van der Waals surface area contributed by atoms with E-state index in [1.54, 1.807) is 0 Å². The predicted molar refractivity (Wildman–Crippen MR) is 74.5 cm³/mol. The largest absolute Gasteiger partial charge is 0.314 e. The molecule has 2 atom stereocenters. The maximum atomic E-state index is 11.7. The van der Waals surface area contributed by atoms with E-state index in [9.17, 15) is 8.42 Å². The minimum absolute atomic E-state index is 0.231. The smallest absolute Gasteiger partial charge is 0.154 e. The molecule has 1 saturated heterocycles. The highest BCUT2D eigenvalue weighted by molar-refractivity contribution is 7.92. The van der Waals surface area contributed by atoms with E-state index in [1.807, 2.05) is 30.3 Å². The van der Waals surface area contributed by atoms with Gasteiger partial charge in [-0.1, -0.05) is 30.3 Å². The Kier molecular flexibility index (Phi) is 4.56. The molecule has 102 valence electrons. The molecule has 0 aromatic heterocycles. The first-order valence-electron chi connectivity index (χ1n) is 6.50. The van der Waals surface area contributed by atoms with Crippen molar-refractivity contribution in [2.24, 2.45) is 0 Å². The maximum Gasteiger partial charge on any atom is 0.154 e. The van der Waals surface area contributed by atoms with E-state index in [2.05, 4.69) is 11.4 Å². The van der Waals surface area contributed by atoms with Crippen LogP contribution in [0, 0.1) is 11.3 Å². The summed E-state index contributed by atoms with van der Waals surface area (Å²) < 4.78 is 23.3. The van der Waals surface area contributed by atoms with Gasteiger partial charge >= 0.3 is 0 Å². The minimum Gasteiger partial charge on any atom is -0.314 e. The first-order chi connectivity index (χ1) is 9.13. The predicted octanol–water partition coefficient (Wildman–Crippen LogP) is 1.46. The lowest BCUT2D eigenvalue weighted by molar-refractivity contribution is 0.570. The van der Waals surface area contributed by atoms with Crippen molar-refractivity contribution in [2.45, 2.75) is 24.0 Å². The summed E-state index contributed by atoms with van der Waals surface area (Å²) in [5, 5.41) is 12.0. The second-order valence-electron chi connectivity index (χ2n) is 4.88. The van der Waals surface area contributed by atoms with Crippen molar-refractivity contribution < 1.29 is 8.42 Å². The van der Waals surface area contributed by atoms with Gasteiger partial charge in [0.1, 0.15) is 0 Å². The molecule has 0 radical (unpaired) electrons. The van der Waals surface area contributed by atoms with Crippen LogP contribution in [0.1, 0.15) is 24.3 Å². The number of sulfone groups is 1. The average molecular weight is 278 g/mol. The van der Waals surface area contributed by atoms with Gasteiger partial charge in [-0.25, -0.2) is 8.42 Å². The fourth-order valence-electron chi connectivity index (χ4n) is 2.40. The summed E-state index contributed by atoms with van der Waals surface area (Å²) in [5.74, 6) is 0.0741. The van der Waals surface area contributed by atoms with Gasteiger partial charge in [-0.2, -0.15) is 5.26 Å². The van der Waals surface area contributed by atoms with Gasteiger partial charge in [0.25, 0.3) is 0 Å². The van der Waals surface area contributed by atoms with Crippen molar-refractivity contribution in [1.82, 2.24) is 5.32 Å². The molecule has 1 heterocycles. The Morgan fingerprint density at radius 1 is 1.37 bits per heavy atom. The molecule has 5 heteroatoms. The van der Waals surface area contributed by atoms with Crippen LogP contribution in [0.25, 0.3) is 0 Å². The Labute approximate surface area is 114 Å². The fraction of sp³-hybridized carbons (Fsp3) is 0.500. The van der Waals surface area contributed by atoms with Gasteiger partial charge in [-0.3, -0.25) is 0 Å². The number of hydrogen-bond acceptors (Lipinski definition) is 4. The fourth-order valence-corrected chi connectivity index (χ4v) is 4.20. The number of rotatable bonds is 5. The molecule has 2 unspecified atom stereocenters. The molecule has 1 aromatic rings. The lowest BCUT2D eigenvalue weighted by Crippen LogP contribution is -2.32. The minimum atomic E-state index is -2.90. The summed E-state index contributed by atoms with van der Waals surface area (Å²) in [4.78, 5) is 0. The highest BCUT2D eigenvalue weighted by Crippen LogP contribution is 2.19. The first kappa shape index (κ1) is 14.0. The van der Waals surface area contributed by atoms with Crippen LogP contribution in [0.15, 0.2) is 30.3 Å². The van der Waals surface area contributed by atoms with Crippen LogP contribution < -0.4 is 5.32 Å². The Morgan fingerprint density at radius 2 is 2.11 bits per heavy atom. The van der Waals surface area contributed by atoms with Gasteiger partial charge in [0.05, 0.1) is 23.0 Å². The molecule has 2 rings (SSSR count). The number of hydrogen-bond donors (Lipinski definition) is 1. The third-order valence-electron chi connectivity index (χ3n) is 3.54. The second kappa shape index (κ2) is 6.18. The maximum absolute atomic E-state index is 11.7. The number of nitriles is 1. The van der Waals surface area contributed by atoms with Crippen LogP contribution >= 0.6 is 0 Å². The quantitative estimate of drug-likeness (QED) is 0.885. The summed E-state index contributed by atoms with van der Waals surface area (Å²) in [7, 11) is -2.90. The van der Waals surface area contributed by atoms with Gasteiger partial charge < -0.3 is 5.32 Å². The molecule has 1 fully saturated rings. The average Bonchev–Trinajstić information content (AvgIpc) is 2.75. The van der Waals surface area contributed by atoms with Crippen molar-refractivity contribution >= 4 is 9.84 Å². The summed E-state index contributed by atoms with van der Waals surface area (Å²) in [6, 6.07) is 11.8. The van der Waals surface area contributed by atoms with Crippen LogP contribution in [0.3, 0.4) is 0 Å². The highest BCUT2D eigenvalue weighted by Gasteiger charge is 2.30. The molecule has 1 N–H and O–H groups in total. The molecule has 0 amide bonds.